The molecule has 1 aromatic rings. The number of hydrogen-bond acceptors (Lipinski definition) is 4. The Bertz CT molecular complexity index is 457. The Kier molecular flexibility index (Phi) is 13.1. The quantitative estimate of drug-likeness (QED) is 0.695. The first kappa shape index (κ1) is 24.2. The molecular formula is C16H29Cl2N3O2. The smallest absolute Gasteiger partial charge is 0.228 e. The molecule has 0 aliphatic carbocycles. The third-order valence-corrected chi connectivity index (χ3v) is 3.32. The first-order valence-corrected chi connectivity index (χ1v) is 7.34. The number of nitrogens with two attached hydrogens (primary N) is 1. The summed E-state index contributed by atoms with van der Waals surface area (Å²) in [4.78, 5) is 14.1. The molecule has 1 aromatic carbocycles. The second-order valence-corrected chi connectivity index (χ2v) is 5.67. The largest absolute Gasteiger partial charge is 0.493 e. The molecule has 0 bridgehead atoms. The van der Waals surface area contributed by atoms with E-state index < -0.39 is 0 Å². The number of carbonyl (C=O) groups is 1. The SMILES string of the molecule is CC(N)C(C)C(=O)Nc1cccc(OCCCN(C)C)c1.Cl.Cl. The molecule has 2 unspecified atom stereocenters. The maximum Gasteiger partial charge on any atom is 0.228 e. The van der Waals surface area contributed by atoms with Crippen molar-refractivity contribution in [3.63, 3.8) is 0 Å². The predicted molar refractivity (Wildman–Crippen MR) is 101 cm³/mol. The van der Waals surface area contributed by atoms with Crippen LogP contribution in [0.15, 0.2) is 24.3 Å². The molecular weight excluding hydrogens is 337 g/mol. The Labute approximate surface area is 151 Å². The van der Waals surface area contributed by atoms with Gasteiger partial charge in [-0.1, -0.05) is 13.0 Å². The van der Waals surface area contributed by atoms with Crippen LogP contribution in [0.2, 0.25) is 0 Å². The maximum atomic E-state index is 12.0. The fourth-order valence-corrected chi connectivity index (χ4v) is 1.73. The van der Waals surface area contributed by atoms with Gasteiger partial charge in [0.25, 0.3) is 0 Å². The van der Waals surface area contributed by atoms with Gasteiger partial charge >= 0.3 is 0 Å². The van der Waals surface area contributed by atoms with E-state index in [0.29, 0.717) is 6.61 Å². The number of amides is 1. The van der Waals surface area contributed by atoms with Crippen LogP contribution in [0.25, 0.3) is 0 Å². The van der Waals surface area contributed by atoms with E-state index in [9.17, 15) is 4.79 Å². The fourth-order valence-electron chi connectivity index (χ4n) is 1.73. The monoisotopic (exact) mass is 365 g/mol. The number of nitrogens with zero attached hydrogens (tertiary/aromatic N) is 1. The van der Waals surface area contributed by atoms with Crippen molar-refractivity contribution < 1.29 is 9.53 Å². The molecule has 1 amide bonds. The van der Waals surface area contributed by atoms with Crippen LogP contribution < -0.4 is 15.8 Å². The molecule has 0 aromatic heterocycles. The zero-order valence-electron chi connectivity index (χ0n) is 14.2. The van der Waals surface area contributed by atoms with Crippen LogP contribution in [0, 0.1) is 5.92 Å². The van der Waals surface area contributed by atoms with Crippen molar-refractivity contribution in [1.29, 1.82) is 0 Å². The van der Waals surface area contributed by atoms with Gasteiger partial charge in [-0.15, -0.1) is 24.8 Å². The number of rotatable bonds is 8. The van der Waals surface area contributed by atoms with Crippen LogP contribution in [0.3, 0.4) is 0 Å². The standard InChI is InChI=1S/C16H27N3O2.2ClH/c1-12(13(2)17)16(20)18-14-7-5-8-15(11-14)21-10-6-9-19(3)4;;/h5,7-8,11-13H,6,9-10,17H2,1-4H3,(H,18,20);2*1H. The van der Waals surface area contributed by atoms with Crippen molar-refractivity contribution in [1.82, 2.24) is 4.90 Å². The zero-order chi connectivity index (χ0) is 15.8. The van der Waals surface area contributed by atoms with Gasteiger partial charge in [0.1, 0.15) is 5.75 Å². The fraction of sp³-hybridized carbons (Fsp3) is 0.562. The Morgan fingerprint density at radius 1 is 1.30 bits per heavy atom. The Morgan fingerprint density at radius 3 is 2.52 bits per heavy atom. The molecule has 7 heteroatoms. The third-order valence-electron chi connectivity index (χ3n) is 3.32. The van der Waals surface area contributed by atoms with Crippen molar-refractivity contribution >= 4 is 36.4 Å². The molecule has 23 heavy (non-hydrogen) atoms. The summed E-state index contributed by atoms with van der Waals surface area (Å²) in [6, 6.07) is 7.27. The predicted octanol–water partition coefficient (Wildman–Crippen LogP) is 2.78. The molecule has 0 heterocycles. The summed E-state index contributed by atoms with van der Waals surface area (Å²) in [5, 5.41) is 2.86. The Balaban J connectivity index is 0. The van der Waals surface area contributed by atoms with Crippen molar-refractivity contribution in [2.24, 2.45) is 11.7 Å². The van der Waals surface area contributed by atoms with Crippen molar-refractivity contribution in [3.8, 4) is 5.75 Å². The zero-order valence-corrected chi connectivity index (χ0v) is 15.9. The first-order chi connectivity index (χ1) is 9.90. The summed E-state index contributed by atoms with van der Waals surface area (Å²) < 4.78 is 5.68. The number of benzene rings is 1. The molecule has 0 aliphatic rings. The van der Waals surface area contributed by atoms with E-state index in [0.717, 1.165) is 24.4 Å². The summed E-state index contributed by atoms with van der Waals surface area (Å²) in [7, 11) is 4.07. The normalized spacial score (nSPS) is 12.6. The highest BCUT2D eigenvalue weighted by atomic mass is 35.5. The summed E-state index contributed by atoms with van der Waals surface area (Å²) in [6.45, 7) is 5.30. The van der Waals surface area contributed by atoms with Crippen molar-refractivity contribution in [2.45, 2.75) is 26.3 Å². The molecule has 134 valence electrons. The van der Waals surface area contributed by atoms with E-state index in [-0.39, 0.29) is 42.7 Å². The lowest BCUT2D eigenvalue weighted by Crippen LogP contribution is -2.34. The molecule has 0 spiro atoms. The average molecular weight is 366 g/mol. The second kappa shape index (κ2) is 12.4. The molecule has 3 N–H and O–H groups in total. The van der Waals surface area contributed by atoms with Crippen LogP contribution in [0.5, 0.6) is 5.75 Å². The molecule has 5 nitrogen and oxygen atoms in total. The molecule has 0 aliphatic heterocycles. The van der Waals surface area contributed by atoms with Crippen LogP contribution in [0.4, 0.5) is 5.69 Å². The topological polar surface area (TPSA) is 67.6 Å². The number of hydrogen-bond donors (Lipinski definition) is 2. The summed E-state index contributed by atoms with van der Waals surface area (Å²) in [5.74, 6) is 0.462. The molecule has 0 saturated heterocycles. The van der Waals surface area contributed by atoms with Gasteiger partial charge in [-0.05, 0) is 39.6 Å². The van der Waals surface area contributed by atoms with Gasteiger partial charge in [-0.3, -0.25) is 4.79 Å². The molecule has 0 saturated carbocycles. The van der Waals surface area contributed by atoms with Crippen LogP contribution in [-0.4, -0.2) is 44.1 Å². The molecule has 1 rings (SSSR count). The highest BCUT2D eigenvalue weighted by Gasteiger charge is 2.17. The second-order valence-electron chi connectivity index (χ2n) is 5.67. The van der Waals surface area contributed by atoms with Crippen molar-refractivity contribution in [2.75, 3.05) is 32.6 Å². The van der Waals surface area contributed by atoms with E-state index in [4.69, 9.17) is 10.5 Å². The van der Waals surface area contributed by atoms with E-state index >= 15 is 0 Å². The number of ether oxygens (including phenoxy) is 1. The number of nitrogens with one attached hydrogen (secondary N) is 1. The van der Waals surface area contributed by atoms with Crippen molar-refractivity contribution in [3.05, 3.63) is 24.3 Å². The lowest BCUT2D eigenvalue weighted by Gasteiger charge is -2.16. The first-order valence-electron chi connectivity index (χ1n) is 7.34. The van der Waals surface area contributed by atoms with Gasteiger partial charge in [-0.2, -0.15) is 0 Å². The lowest BCUT2D eigenvalue weighted by molar-refractivity contribution is -0.119. The number of carbonyl (C=O) groups excluding carboxylic acids is 1. The maximum absolute atomic E-state index is 12.0. The van der Waals surface area contributed by atoms with E-state index in [1.807, 2.05) is 52.2 Å². The van der Waals surface area contributed by atoms with Crippen LogP contribution >= 0.6 is 24.8 Å². The summed E-state index contributed by atoms with van der Waals surface area (Å²) >= 11 is 0. The number of anilines is 1. The van der Waals surface area contributed by atoms with E-state index in [1.54, 1.807) is 0 Å². The van der Waals surface area contributed by atoms with Crippen LogP contribution in [-0.2, 0) is 4.79 Å². The van der Waals surface area contributed by atoms with Gasteiger partial charge in [0, 0.05) is 24.3 Å². The van der Waals surface area contributed by atoms with Gasteiger partial charge in [-0.25, -0.2) is 0 Å². The van der Waals surface area contributed by atoms with E-state index in [2.05, 4.69) is 10.2 Å². The minimum Gasteiger partial charge on any atom is -0.493 e. The summed E-state index contributed by atoms with van der Waals surface area (Å²) in [5.41, 5.74) is 6.47. The van der Waals surface area contributed by atoms with Gasteiger partial charge in [0.15, 0.2) is 0 Å². The average Bonchev–Trinajstić information content (AvgIpc) is 2.42. The lowest BCUT2D eigenvalue weighted by atomic mass is 10.0. The highest BCUT2D eigenvalue weighted by molar-refractivity contribution is 5.92. The molecule has 0 radical (unpaired) electrons. The van der Waals surface area contributed by atoms with Gasteiger partial charge in [0.05, 0.1) is 12.5 Å². The minimum absolute atomic E-state index is 0. The Hall–Kier alpha value is -1.01. The van der Waals surface area contributed by atoms with Gasteiger partial charge < -0.3 is 20.7 Å². The molecule has 2 atom stereocenters. The minimum atomic E-state index is -0.227. The third kappa shape index (κ3) is 9.66. The highest BCUT2D eigenvalue weighted by Crippen LogP contribution is 2.18. The Morgan fingerprint density at radius 2 is 1.96 bits per heavy atom. The summed E-state index contributed by atoms with van der Waals surface area (Å²) in [6.07, 6.45) is 0.964. The van der Waals surface area contributed by atoms with Gasteiger partial charge in [0.2, 0.25) is 5.91 Å². The molecule has 0 fully saturated rings. The number of halogens is 2. The van der Waals surface area contributed by atoms with E-state index in [1.165, 1.54) is 0 Å². The van der Waals surface area contributed by atoms with Crippen LogP contribution in [0.1, 0.15) is 20.3 Å².